The number of aromatic nitrogens is 2. The molecule has 0 saturated carbocycles. The zero-order valence-corrected chi connectivity index (χ0v) is 16.5. The summed E-state index contributed by atoms with van der Waals surface area (Å²) in [5.74, 6) is 0.130. The second-order valence-electron chi connectivity index (χ2n) is 6.98. The van der Waals surface area contributed by atoms with E-state index in [9.17, 15) is 14.4 Å². The number of H-pyrrole nitrogens is 1. The van der Waals surface area contributed by atoms with E-state index in [1.165, 1.54) is 25.5 Å². The van der Waals surface area contributed by atoms with Crippen molar-refractivity contribution in [1.82, 2.24) is 9.97 Å². The van der Waals surface area contributed by atoms with Gasteiger partial charge >= 0.3 is 11.9 Å². The quantitative estimate of drug-likeness (QED) is 0.707. The summed E-state index contributed by atoms with van der Waals surface area (Å²) in [6, 6.07) is 0. The first kappa shape index (κ1) is 19.5. The van der Waals surface area contributed by atoms with Gasteiger partial charge in [0.05, 0.1) is 39.1 Å². The number of ether oxygens (including phenoxy) is 2. The molecule has 0 aliphatic carbocycles. The van der Waals surface area contributed by atoms with Crippen molar-refractivity contribution < 1.29 is 24.0 Å². The maximum Gasteiger partial charge on any atom is 0.348 e. The number of quaternary nitrogens is 1. The van der Waals surface area contributed by atoms with Crippen LogP contribution in [0.5, 0.6) is 0 Å². The second-order valence-corrected chi connectivity index (χ2v) is 7.97. The van der Waals surface area contributed by atoms with Crippen LogP contribution in [0.1, 0.15) is 40.8 Å². The molecule has 0 aromatic carbocycles. The van der Waals surface area contributed by atoms with Gasteiger partial charge in [-0.25, -0.2) is 9.78 Å². The number of piperidine rings is 1. The lowest BCUT2D eigenvalue weighted by atomic mass is 10.0. The van der Waals surface area contributed by atoms with Gasteiger partial charge < -0.3 is 19.4 Å². The predicted octanol–water partition coefficient (Wildman–Crippen LogP) is 0.302. The van der Waals surface area contributed by atoms with E-state index in [1.54, 1.807) is 0 Å². The lowest BCUT2D eigenvalue weighted by Crippen LogP contribution is -3.12. The summed E-state index contributed by atoms with van der Waals surface area (Å²) in [6.45, 7) is 4.97. The fraction of sp³-hybridized carbons (Fsp3) is 0.556. The Morgan fingerprint density at radius 2 is 2.11 bits per heavy atom. The Morgan fingerprint density at radius 1 is 1.33 bits per heavy atom. The van der Waals surface area contributed by atoms with Gasteiger partial charge in [0.15, 0.2) is 5.82 Å². The van der Waals surface area contributed by atoms with Gasteiger partial charge in [-0.2, -0.15) is 0 Å². The van der Waals surface area contributed by atoms with Gasteiger partial charge in [-0.3, -0.25) is 9.59 Å². The highest BCUT2D eigenvalue weighted by Gasteiger charge is 2.26. The molecule has 1 aliphatic rings. The molecule has 1 unspecified atom stereocenters. The summed E-state index contributed by atoms with van der Waals surface area (Å²) in [7, 11) is 2.52. The van der Waals surface area contributed by atoms with Crippen molar-refractivity contribution >= 4 is 33.5 Å². The SMILES string of the molecule is COC(=O)Cc1c(C(=O)OC)sc2nc(C[NH+]3CCC[C@@H](C)C3)[nH]c(=O)c12. The third kappa shape index (κ3) is 4.19. The second kappa shape index (κ2) is 8.18. The van der Waals surface area contributed by atoms with Gasteiger partial charge in [0.25, 0.3) is 5.56 Å². The van der Waals surface area contributed by atoms with Crippen LogP contribution in [0.25, 0.3) is 10.2 Å². The van der Waals surface area contributed by atoms with E-state index in [4.69, 9.17) is 9.47 Å². The fourth-order valence-electron chi connectivity index (χ4n) is 3.63. The van der Waals surface area contributed by atoms with Crippen LogP contribution in [0.15, 0.2) is 4.79 Å². The van der Waals surface area contributed by atoms with Gasteiger partial charge in [-0.05, 0) is 12.8 Å². The standard InChI is InChI=1S/C18H23N3O5S/c1-10-5-4-6-21(8-10)9-12-19-16(23)14-11(7-13(22)25-2)15(18(24)26-3)27-17(14)20-12/h10H,4-9H2,1-3H3,(H,19,20,23)/p+1/t10-/m1/s1. The van der Waals surface area contributed by atoms with E-state index in [0.29, 0.717) is 28.7 Å². The molecule has 1 saturated heterocycles. The molecule has 2 atom stereocenters. The van der Waals surface area contributed by atoms with Gasteiger partial charge in [0, 0.05) is 11.5 Å². The molecule has 146 valence electrons. The Hall–Kier alpha value is -2.26. The molecule has 0 spiro atoms. The number of methoxy groups -OCH3 is 2. The van der Waals surface area contributed by atoms with Crippen molar-refractivity contribution in [3.63, 3.8) is 0 Å². The number of aromatic amines is 1. The van der Waals surface area contributed by atoms with Crippen LogP contribution < -0.4 is 10.5 Å². The first-order chi connectivity index (χ1) is 12.9. The molecular formula is C18H24N3O5S+. The van der Waals surface area contributed by atoms with Crippen molar-refractivity contribution in [2.24, 2.45) is 5.92 Å². The number of rotatable bonds is 5. The molecule has 2 aromatic rings. The Kier molecular flexibility index (Phi) is 5.91. The molecular weight excluding hydrogens is 370 g/mol. The maximum atomic E-state index is 12.7. The topological polar surface area (TPSA) is 103 Å². The minimum Gasteiger partial charge on any atom is -0.469 e. The zero-order valence-electron chi connectivity index (χ0n) is 15.7. The summed E-state index contributed by atoms with van der Waals surface area (Å²) in [6.07, 6.45) is 2.22. The number of fused-ring (bicyclic) bond motifs is 1. The monoisotopic (exact) mass is 394 g/mol. The van der Waals surface area contributed by atoms with Crippen LogP contribution >= 0.6 is 11.3 Å². The number of carbonyl (C=O) groups excluding carboxylic acids is 2. The summed E-state index contributed by atoms with van der Waals surface area (Å²) < 4.78 is 9.49. The van der Waals surface area contributed by atoms with E-state index in [-0.39, 0.29) is 22.2 Å². The molecule has 3 heterocycles. The molecule has 9 heteroatoms. The van der Waals surface area contributed by atoms with E-state index in [1.807, 2.05) is 0 Å². The van der Waals surface area contributed by atoms with Crippen LogP contribution in [0.4, 0.5) is 0 Å². The normalized spacial score (nSPS) is 19.8. The molecule has 0 amide bonds. The number of nitrogens with one attached hydrogen (secondary N) is 2. The minimum atomic E-state index is -0.590. The predicted molar refractivity (Wildman–Crippen MR) is 100 cm³/mol. The lowest BCUT2D eigenvalue weighted by Gasteiger charge is -2.27. The Bertz CT molecular complexity index is 920. The smallest absolute Gasteiger partial charge is 0.348 e. The van der Waals surface area contributed by atoms with Crippen molar-refractivity contribution in [3.05, 3.63) is 26.6 Å². The molecule has 8 nitrogen and oxygen atoms in total. The van der Waals surface area contributed by atoms with Crippen LogP contribution in [0, 0.1) is 5.92 Å². The molecule has 2 aromatic heterocycles. The number of carbonyl (C=O) groups is 2. The Labute approximate surface area is 160 Å². The molecule has 27 heavy (non-hydrogen) atoms. The average molecular weight is 394 g/mol. The van der Waals surface area contributed by atoms with E-state index >= 15 is 0 Å². The van der Waals surface area contributed by atoms with Crippen LogP contribution in [0.3, 0.4) is 0 Å². The van der Waals surface area contributed by atoms with Crippen molar-refractivity contribution in [3.8, 4) is 0 Å². The number of likely N-dealkylation sites (tertiary alicyclic amines) is 1. The van der Waals surface area contributed by atoms with Crippen LogP contribution in [0.2, 0.25) is 0 Å². The average Bonchev–Trinajstić information content (AvgIpc) is 2.99. The number of hydrogen-bond acceptors (Lipinski definition) is 7. The number of thiophene rings is 1. The zero-order chi connectivity index (χ0) is 19.6. The first-order valence-corrected chi connectivity index (χ1v) is 9.77. The number of esters is 2. The third-order valence-electron chi connectivity index (χ3n) is 4.91. The van der Waals surface area contributed by atoms with Gasteiger partial charge in [-0.1, -0.05) is 6.92 Å². The molecule has 0 bridgehead atoms. The molecule has 0 radical (unpaired) electrons. The third-order valence-corrected chi connectivity index (χ3v) is 6.02. The van der Waals surface area contributed by atoms with Crippen molar-refractivity contribution in [1.29, 1.82) is 0 Å². The maximum absolute atomic E-state index is 12.7. The Balaban J connectivity index is 2.00. The molecule has 2 N–H and O–H groups in total. The highest BCUT2D eigenvalue weighted by atomic mass is 32.1. The highest BCUT2D eigenvalue weighted by molar-refractivity contribution is 7.20. The summed E-state index contributed by atoms with van der Waals surface area (Å²) >= 11 is 1.08. The lowest BCUT2D eigenvalue weighted by molar-refractivity contribution is -0.922. The van der Waals surface area contributed by atoms with E-state index in [2.05, 4.69) is 16.9 Å². The molecule has 3 rings (SSSR count). The van der Waals surface area contributed by atoms with Crippen molar-refractivity contribution in [2.45, 2.75) is 32.7 Å². The molecule has 1 aliphatic heterocycles. The van der Waals surface area contributed by atoms with Gasteiger partial charge in [0.2, 0.25) is 0 Å². The number of nitrogens with zero attached hydrogens (tertiary/aromatic N) is 1. The highest BCUT2D eigenvalue weighted by Crippen LogP contribution is 2.29. The molecule has 1 fully saturated rings. The van der Waals surface area contributed by atoms with E-state index < -0.39 is 11.9 Å². The van der Waals surface area contributed by atoms with Crippen molar-refractivity contribution in [2.75, 3.05) is 27.3 Å². The summed E-state index contributed by atoms with van der Waals surface area (Å²) in [5.41, 5.74) is -0.0299. The van der Waals surface area contributed by atoms with Gasteiger partial charge in [0.1, 0.15) is 16.3 Å². The van der Waals surface area contributed by atoms with Crippen LogP contribution in [-0.2, 0) is 27.2 Å². The van der Waals surface area contributed by atoms with E-state index in [0.717, 1.165) is 30.8 Å². The summed E-state index contributed by atoms with van der Waals surface area (Å²) in [5, 5.41) is 0.261. The minimum absolute atomic E-state index is 0.181. The first-order valence-electron chi connectivity index (χ1n) is 8.96. The summed E-state index contributed by atoms with van der Waals surface area (Å²) in [4.78, 5) is 46.0. The fourth-order valence-corrected chi connectivity index (χ4v) is 4.76. The van der Waals surface area contributed by atoms with Gasteiger partial charge in [-0.15, -0.1) is 11.3 Å². The van der Waals surface area contributed by atoms with Crippen LogP contribution in [-0.4, -0.2) is 49.2 Å². The number of hydrogen-bond donors (Lipinski definition) is 2. The largest absolute Gasteiger partial charge is 0.469 e. The Morgan fingerprint density at radius 3 is 2.78 bits per heavy atom.